The number of amides is 1. The van der Waals surface area contributed by atoms with Gasteiger partial charge in [-0.2, -0.15) is 17.0 Å². The maximum Gasteiger partial charge on any atom is 0.240 e. The van der Waals surface area contributed by atoms with E-state index in [-0.39, 0.29) is 5.91 Å². The van der Waals surface area contributed by atoms with E-state index in [0.717, 1.165) is 32.2 Å². The maximum atomic E-state index is 12.0. The molecule has 1 unspecified atom stereocenters. The number of carbonyl (C=O) groups excluding carboxylic acids is 1. The van der Waals surface area contributed by atoms with Crippen LogP contribution >= 0.6 is 11.8 Å². The highest BCUT2D eigenvalue weighted by molar-refractivity contribution is 8.00. The van der Waals surface area contributed by atoms with Crippen molar-refractivity contribution in [2.75, 3.05) is 12.3 Å². The van der Waals surface area contributed by atoms with Gasteiger partial charge in [0.25, 0.3) is 0 Å². The van der Waals surface area contributed by atoms with Gasteiger partial charge in [-0.05, 0) is 31.4 Å². The van der Waals surface area contributed by atoms with Crippen LogP contribution in [0.25, 0.3) is 0 Å². The summed E-state index contributed by atoms with van der Waals surface area (Å²) in [6.07, 6.45) is 5.97. The van der Waals surface area contributed by atoms with Crippen molar-refractivity contribution in [3.8, 4) is 6.07 Å². The van der Waals surface area contributed by atoms with E-state index in [1.807, 2.05) is 11.8 Å². The fourth-order valence-electron chi connectivity index (χ4n) is 2.55. The van der Waals surface area contributed by atoms with Crippen LogP contribution in [0, 0.1) is 16.7 Å². The fraction of sp³-hybridized carbons (Fsp3) is 0.833. The minimum Gasteiger partial charge on any atom is -0.354 e. The van der Waals surface area contributed by atoms with Crippen molar-refractivity contribution in [2.24, 2.45) is 5.41 Å². The lowest BCUT2D eigenvalue weighted by atomic mass is 9.87. The van der Waals surface area contributed by atoms with E-state index in [0.29, 0.717) is 5.25 Å². The van der Waals surface area contributed by atoms with Crippen molar-refractivity contribution >= 4 is 17.7 Å². The molecule has 1 amide bonds. The van der Waals surface area contributed by atoms with Crippen LogP contribution in [-0.4, -0.2) is 23.5 Å². The van der Waals surface area contributed by atoms with Crippen molar-refractivity contribution in [1.82, 2.24) is 5.32 Å². The summed E-state index contributed by atoms with van der Waals surface area (Å²) in [4.78, 5) is 12.0. The highest BCUT2D eigenvalue weighted by Gasteiger charge is 2.41. The van der Waals surface area contributed by atoms with Gasteiger partial charge in [0, 0.05) is 11.8 Å². The van der Waals surface area contributed by atoms with Crippen LogP contribution < -0.4 is 5.32 Å². The molecule has 1 heterocycles. The number of rotatable bonds is 3. The molecule has 1 N–H and O–H groups in total. The SMILES string of the molecule is N#CC1(C(=O)NCC2CCCS2)CCCC1. The molecule has 0 radical (unpaired) electrons. The lowest BCUT2D eigenvalue weighted by Crippen LogP contribution is -2.40. The molecule has 1 saturated heterocycles. The molecule has 0 aromatic rings. The highest BCUT2D eigenvalue weighted by Crippen LogP contribution is 2.37. The molecule has 2 fully saturated rings. The fourth-order valence-corrected chi connectivity index (χ4v) is 3.75. The lowest BCUT2D eigenvalue weighted by Gasteiger charge is -2.20. The van der Waals surface area contributed by atoms with Crippen molar-refractivity contribution in [1.29, 1.82) is 5.26 Å². The van der Waals surface area contributed by atoms with Gasteiger partial charge in [0.05, 0.1) is 6.07 Å². The van der Waals surface area contributed by atoms with Crippen molar-refractivity contribution in [3.63, 3.8) is 0 Å². The monoisotopic (exact) mass is 238 g/mol. The topological polar surface area (TPSA) is 52.9 Å². The molecule has 3 nitrogen and oxygen atoms in total. The Balaban J connectivity index is 1.84. The molecule has 4 heteroatoms. The Kier molecular flexibility index (Phi) is 3.75. The molecule has 2 aliphatic rings. The predicted molar refractivity (Wildman–Crippen MR) is 65.0 cm³/mol. The van der Waals surface area contributed by atoms with Crippen molar-refractivity contribution < 1.29 is 4.79 Å². The zero-order valence-corrected chi connectivity index (χ0v) is 10.3. The average Bonchev–Trinajstić information content (AvgIpc) is 2.97. The van der Waals surface area contributed by atoms with Crippen molar-refractivity contribution in [2.45, 2.75) is 43.8 Å². The predicted octanol–water partition coefficient (Wildman–Crippen LogP) is 2.08. The van der Waals surface area contributed by atoms with Gasteiger partial charge in [-0.1, -0.05) is 12.8 Å². The molecule has 2 rings (SSSR count). The van der Waals surface area contributed by atoms with Crippen LogP contribution in [0.1, 0.15) is 38.5 Å². The van der Waals surface area contributed by atoms with E-state index in [9.17, 15) is 4.79 Å². The molecule has 0 aromatic heterocycles. The van der Waals surface area contributed by atoms with E-state index in [4.69, 9.17) is 5.26 Å². The Labute approximate surface area is 101 Å². The summed E-state index contributed by atoms with van der Waals surface area (Å²) >= 11 is 1.94. The Hall–Kier alpha value is -0.690. The zero-order chi connectivity index (χ0) is 11.4. The van der Waals surface area contributed by atoms with Crippen LogP contribution in [-0.2, 0) is 4.79 Å². The van der Waals surface area contributed by atoms with Gasteiger partial charge in [0.15, 0.2) is 0 Å². The first-order valence-corrected chi connectivity index (χ1v) is 7.13. The Morgan fingerprint density at radius 2 is 2.19 bits per heavy atom. The summed E-state index contributed by atoms with van der Waals surface area (Å²) < 4.78 is 0. The molecular weight excluding hydrogens is 220 g/mol. The number of nitriles is 1. The average molecular weight is 238 g/mol. The third-order valence-electron chi connectivity index (χ3n) is 3.62. The maximum absolute atomic E-state index is 12.0. The van der Waals surface area contributed by atoms with E-state index in [1.54, 1.807) is 0 Å². The van der Waals surface area contributed by atoms with Crippen LogP contribution in [0.5, 0.6) is 0 Å². The molecule has 1 aliphatic heterocycles. The molecule has 0 spiro atoms. The minimum absolute atomic E-state index is 0.0278. The number of thioether (sulfide) groups is 1. The van der Waals surface area contributed by atoms with Gasteiger partial charge >= 0.3 is 0 Å². The first kappa shape index (κ1) is 11.8. The summed E-state index contributed by atoms with van der Waals surface area (Å²) in [7, 11) is 0. The van der Waals surface area contributed by atoms with Crippen LogP contribution in [0.15, 0.2) is 0 Å². The Bertz CT molecular complexity index is 299. The highest BCUT2D eigenvalue weighted by atomic mass is 32.2. The molecule has 16 heavy (non-hydrogen) atoms. The number of nitrogens with one attached hydrogen (secondary N) is 1. The summed E-state index contributed by atoms with van der Waals surface area (Å²) in [6.45, 7) is 0.743. The molecule has 1 atom stereocenters. The lowest BCUT2D eigenvalue weighted by molar-refractivity contribution is -0.127. The minimum atomic E-state index is -0.705. The largest absolute Gasteiger partial charge is 0.354 e. The summed E-state index contributed by atoms with van der Waals surface area (Å²) in [5.74, 6) is 1.18. The second kappa shape index (κ2) is 5.09. The molecule has 0 aromatic carbocycles. The summed E-state index contributed by atoms with van der Waals surface area (Å²) in [5.41, 5.74) is -0.705. The van der Waals surface area contributed by atoms with Gasteiger partial charge in [0.2, 0.25) is 5.91 Å². The zero-order valence-electron chi connectivity index (χ0n) is 9.50. The van der Waals surface area contributed by atoms with Gasteiger partial charge in [0.1, 0.15) is 5.41 Å². The standard InChI is InChI=1S/C12H18N2OS/c13-9-12(5-1-2-6-12)11(15)14-8-10-4-3-7-16-10/h10H,1-8H2,(H,14,15). The van der Waals surface area contributed by atoms with Crippen LogP contribution in [0.3, 0.4) is 0 Å². The molecule has 1 saturated carbocycles. The quantitative estimate of drug-likeness (QED) is 0.819. The smallest absolute Gasteiger partial charge is 0.240 e. The normalized spacial score (nSPS) is 27.6. The van der Waals surface area contributed by atoms with Crippen LogP contribution in [0.2, 0.25) is 0 Å². The first-order valence-electron chi connectivity index (χ1n) is 6.08. The molecule has 1 aliphatic carbocycles. The van der Waals surface area contributed by atoms with Gasteiger partial charge in [-0.25, -0.2) is 0 Å². The molecule has 0 bridgehead atoms. The third kappa shape index (κ3) is 2.35. The molecular formula is C12H18N2OS. The van der Waals surface area contributed by atoms with Gasteiger partial charge in [-0.3, -0.25) is 4.79 Å². The summed E-state index contributed by atoms with van der Waals surface area (Å²) in [6, 6.07) is 2.23. The van der Waals surface area contributed by atoms with E-state index in [1.165, 1.54) is 18.6 Å². The number of hydrogen-bond donors (Lipinski definition) is 1. The van der Waals surface area contributed by atoms with Gasteiger partial charge in [-0.15, -0.1) is 0 Å². The second-order valence-electron chi connectivity index (χ2n) is 4.75. The van der Waals surface area contributed by atoms with Crippen molar-refractivity contribution in [3.05, 3.63) is 0 Å². The van der Waals surface area contributed by atoms with E-state index >= 15 is 0 Å². The van der Waals surface area contributed by atoms with Gasteiger partial charge < -0.3 is 5.32 Å². The van der Waals surface area contributed by atoms with E-state index < -0.39 is 5.41 Å². The van der Waals surface area contributed by atoms with E-state index in [2.05, 4.69) is 11.4 Å². The second-order valence-corrected chi connectivity index (χ2v) is 6.15. The first-order chi connectivity index (χ1) is 7.77. The van der Waals surface area contributed by atoms with Crippen LogP contribution in [0.4, 0.5) is 0 Å². The third-order valence-corrected chi connectivity index (χ3v) is 5.02. The Morgan fingerprint density at radius 1 is 1.44 bits per heavy atom. The number of hydrogen-bond acceptors (Lipinski definition) is 3. The number of carbonyl (C=O) groups is 1. The number of nitrogens with zero attached hydrogens (tertiary/aromatic N) is 1. The molecule has 88 valence electrons. The summed E-state index contributed by atoms with van der Waals surface area (Å²) in [5, 5.41) is 12.7. The Morgan fingerprint density at radius 3 is 2.75 bits per heavy atom.